The Morgan fingerprint density at radius 3 is 2.52 bits per heavy atom. The van der Waals surface area contributed by atoms with E-state index in [2.05, 4.69) is 35.4 Å². The number of nitrogens with two attached hydrogens (primary N) is 2. The van der Waals surface area contributed by atoms with Crippen LogP contribution in [0.4, 0.5) is 5.69 Å². The van der Waals surface area contributed by atoms with E-state index in [1.807, 2.05) is 36.4 Å². The number of nitrogens with zero attached hydrogens (tertiary/aromatic N) is 4. The molecular formula is C31H49N7O4S2. The summed E-state index contributed by atoms with van der Waals surface area (Å²) in [5.41, 5.74) is 8.30. The summed E-state index contributed by atoms with van der Waals surface area (Å²) < 4.78 is 31.1. The summed E-state index contributed by atoms with van der Waals surface area (Å²) in [6.45, 7) is 7.81. The van der Waals surface area contributed by atoms with Crippen LogP contribution in [-0.2, 0) is 21.5 Å². The summed E-state index contributed by atoms with van der Waals surface area (Å²) in [6.07, 6.45) is 9.15. The van der Waals surface area contributed by atoms with Crippen LogP contribution in [0.25, 0.3) is 0 Å². The molecule has 11 nitrogen and oxygen atoms in total. The average molecular weight is 648 g/mol. The number of pyridine rings is 1. The number of hydrogen-bond donors (Lipinski definition) is 3. The molecule has 5 N–H and O–H groups in total. The van der Waals surface area contributed by atoms with Crippen molar-refractivity contribution in [3.8, 4) is 11.6 Å². The fourth-order valence-corrected chi connectivity index (χ4v) is 6.22. The predicted octanol–water partition coefficient (Wildman–Crippen LogP) is 4.54. The first kappa shape index (κ1) is 35.6. The number of aromatic nitrogens is 1. The molecule has 1 fully saturated rings. The average Bonchev–Trinajstić information content (AvgIpc) is 2.95. The Bertz CT molecular complexity index is 1360. The number of nitrogens with one attached hydrogen (secondary N) is 1. The van der Waals surface area contributed by atoms with Gasteiger partial charge < -0.3 is 20.3 Å². The third-order valence-corrected chi connectivity index (χ3v) is 8.80. The highest BCUT2D eigenvalue weighted by atomic mass is 32.2. The number of amides is 1. The zero-order valence-corrected chi connectivity index (χ0v) is 28.0. The molecule has 13 heteroatoms. The van der Waals surface area contributed by atoms with Gasteiger partial charge in [0.25, 0.3) is 10.2 Å². The van der Waals surface area contributed by atoms with E-state index in [1.54, 1.807) is 11.1 Å². The minimum absolute atomic E-state index is 0. The number of fused-ring (bicyclic) bond motifs is 1. The fourth-order valence-electron chi connectivity index (χ4n) is 5.85. The van der Waals surface area contributed by atoms with E-state index in [0.717, 1.165) is 43.4 Å². The molecule has 1 atom stereocenters. The van der Waals surface area contributed by atoms with Crippen LogP contribution < -0.4 is 20.3 Å². The molecular weight excluding hydrogens is 599 g/mol. The zero-order chi connectivity index (χ0) is 31.0. The molecule has 2 aromatic rings. The first-order valence-corrected chi connectivity index (χ1v) is 16.8. The molecule has 1 aliphatic carbocycles. The zero-order valence-electron chi connectivity index (χ0n) is 26.2. The molecule has 0 spiro atoms. The van der Waals surface area contributed by atoms with Crippen LogP contribution in [0.5, 0.6) is 11.6 Å². The van der Waals surface area contributed by atoms with Crippen LogP contribution in [0.15, 0.2) is 47.6 Å². The van der Waals surface area contributed by atoms with Gasteiger partial charge in [-0.25, -0.2) is 19.8 Å². The summed E-state index contributed by atoms with van der Waals surface area (Å²) in [5.74, 6) is 2.03. The molecule has 0 radical (unpaired) electrons. The quantitative estimate of drug-likeness (QED) is 0.288. The van der Waals surface area contributed by atoms with Crippen LogP contribution in [0.1, 0.15) is 77.7 Å². The highest BCUT2D eigenvalue weighted by Crippen LogP contribution is 2.36. The molecule has 2 heterocycles. The number of para-hydroxylation sites is 1. The molecule has 0 unspecified atom stereocenters. The number of hydrogen-bond acceptors (Lipinski definition) is 8. The predicted molar refractivity (Wildman–Crippen MR) is 179 cm³/mol. The first-order valence-electron chi connectivity index (χ1n) is 15.3. The van der Waals surface area contributed by atoms with Crippen molar-refractivity contribution in [2.24, 2.45) is 27.2 Å². The van der Waals surface area contributed by atoms with Crippen LogP contribution in [0.3, 0.4) is 0 Å². The van der Waals surface area contributed by atoms with E-state index in [9.17, 15) is 13.2 Å². The maximum absolute atomic E-state index is 13.6. The lowest BCUT2D eigenvalue weighted by atomic mass is 9.81. The molecule has 1 aliphatic heterocycles. The maximum Gasteiger partial charge on any atom is 0.274 e. The number of carbonyl (C=O) groups excluding carboxylic acids is 1. The molecule has 1 amide bonds. The minimum atomic E-state index is -3.83. The monoisotopic (exact) mass is 647 g/mol. The maximum atomic E-state index is 13.6. The Balaban J connectivity index is 0.00000529. The number of guanidine groups is 1. The lowest BCUT2D eigenvalue weighted by Gasteiger charge is -2.41. The van der Waals surface area contributed by atoms with Gasteiger partial charge in [0, 0.05) is 50.3 Å². The summed E-state index contributed by atoms with van der Waals surface area (Å²) in [5, 5.41) is 5.12. The Morgan fingerprint density at radius 2 is 1.86 bits per heavy atom. The molecule has 0 bridgehead atoms. The normalized spacial score (nSPS) is 16.4. The van der Waals surface area contributed by atoms with Crippen molar-refractivity contribution in [3.05, 3.63) is 48.2 Å². The van der Waals surface area contributed by atoms with Crippen LogP contribution in [0, 0.1) is 11.3 Å². The molecule has 4 rings (SSSR count). The number of benzene rings is 1. The number of ether oxygens (including phenoxy) is 1. The lowest BCUT2D eigenvalue weighted by Crippen LogP contribution is -2.49. The number of aliphatic imine (C=N–C) groups is 1. The van der Waals surface area contributed by atoms with Gasteiger partial charge in [-0.1, -0.05) is 58.2 Å². The third-order valence-electron chi connectivity index (χ3n) is 8.19. The Hall–Kier alpha value is -2.87. The number of rotatable bonds is 13. The summed E-state index contributed by atoms with van der Waals surface area (Å²) >= 11 is 0. The van der Waals surface area contributed by atoms with Crippen molar-refractivity contribution in [1.82, 2.24) is 19.5 Å². The van der Waals surface area contributed by atoms with Gasteiger partial charge >= 0.3 is 0 Å². The summed E-state index contributed by atoms with van der Waals surface area (Å²) in [6, 6.07) is 11.5. The molecule has 244 valence electrons. The SMILES string of the molecule is CC(C)(C)CCN(CCNS(N)(=O)=O)C(=O)CC[C@@H](C1CCCCC1)N1Cc2cc(Oc3ccccc3)ncc2N=C1N.S. The smallest absolute Gasteiger partial charge is 0.274 e. The molecule has 1 aromatic carbocycles. The third kappa shape index (κ3) is 10.9. The Morgan fingerprint density at radius 1 is 1.16 bits per heavy atom. The van der Waals surface area contributed by atoms with Gasteiger partial charge in [0.05, 0.1) is 11.9 Å². The molecule has 44 heavy (non-hydrogen) atoms. The van der Waals surface area contributed by atoms with E-state index in [-0.39, 0.29) is 43.9 Å². The second kappa shape index (κ2) is 15.9. The molecule has 0 saturated heterocycles. The molecule has 2 aliphatic rings. The summed E-state index contributed by atoms with van der Waals surface area (Å²) in [7, 11) is -3.83. The van der Waals surface area contributed by atoms with Crippen LogP contribution >= 0.6 is 13.5 Å². The Kier molecular flexibility index (Phi) is 12.9. The van der Waals surface area contributed by atoms with Gasteiger partial charge in [-0.2, -0.15) is 21.9 Å². The minimum Gasteiger partial charge on any atom is -0.439 e. The van der Waals surface area contributed by atoms with E-state index < -0.39 is 10.2 Å². The van der Waals surface area contributed by atoms with Crippen molar-refractivity contribution in [2.75, 3.05) is 19.6 Å². The molecule has 1 saturated carbocycles. The standard InChI is InChI=1S/C31H47N7O4S.H2S/c1-31(2,3)16-18-37(19-17-35-43(33,40)41)29(39)15-14-27(23-10-6-4-7-11-23)38-22-24-20-28(34-21-26(24)36-30(38)32)42-25-12-8-5-9-13-25;/h5,8-9,12-13,20-21,23,27,35H,4,6-7,10-11,14-19,22H2,1-3H3,(H2,32,36)(H2,33,40,41);1H2/t27-;/m0./s1. The second-order valence-electron chi connectivity index (χ2n) is 12.8. The van der Waals surface area contributed by atoms with Gasteiger partial charge in [-0.3, -0.25) is 4.79 Å². The van der Waals surface area contributed by atoms with Gasteiger partial charge in [0.15, 0.2) is 5.96 Å². The van der Waals surface area contributed by atoms with E-state index in [0.29, 0.717) is 49.4 Å². The number of carbonyl (C=O) groups is 1. The second-order valence-corrected chi connectivity index (χ2v) is 14.2. The molecule has 1 aromatic heterocycles. The van der Waals surface area contributed by atoms with Gasteiger partial charge in [-0.15, -0.1) is 0 Å². The van der Waals surface area contributed by atoms with E-state index in [1.165, 1.54) is 6.42 Å². The van der Waals surface area contributed by atoms with E-state index in [4.69, 9.17) is 20.6 Å². The van der Waals surface area contributed by atoms with Crippen molar-refractivity contribution in [3.63, 3.8) is 0 Å². The summed E-state index contributed by atoms with van der Waals surface area (Å²) in [4.78, 5) is 26.6. The van der Waals surface area contributed by atoms with Crippen molar-refractivity contribution in [1.29, 1.82) is 0 Å². The van der Waals surface area contributed by atoms with E-state index >= 15 is 0 Å². The van der Waals surface area contributed by atoms with Crippen LogP contribution in [-0.4, -0.2) is 60.7 Å². The van der Waals surface area contributed by atoms with Crippen molar-refractivity contribution in [2.45, 2.75) is 84.7 Å². The lowest BCUT2D eigenvalue weighted by molar-refractivity contribution is -0.131. The van der Waals surface area contributed by atoms with Gasteiger partial charge in [0.1, 0.15) is 5.75 Å². The van der Waals surface area contributed by atoms with Gasteiger partial charge in [0.2, 0.25) is 11.8 Å². The van der Waals surface area contributed by atoms with Crippen LogP contribution in [0.2, 0.25) is 0 Å². The van der Waals surface area contributed by atoms with Crippen molar-refractivity contribution >= 4 is 41.3 Å². The largest absolute Gasteiger partial charge is 0.439 e. The fraction of sp³-hybridized carbons (Fsp3) is 0.581. The topological polar surface area (TPSA) is 156 Å². The van der Waals surface area contributed by atoms with Crippen molar-refractivity contribution < 1.29 is 17.9 Å². The highest BCUT2D eigenvalue weighted by Gasteiger charge is 2.33. The Labute approximate surface area is 269 Å². The van der Waals surface area contributed by atoms with Gasteiger partial charge in [-0.05, 0) is 49.1 Å². The first-order chi connectivity index (χ1) is 20.4. The highest BCUT2D eigenvalue weighted by molar-refractivity contribution is 7.87.